The summed E-state index contributed by atoms with van der Waals surface area (Å²) < 4.78 is 7.51. The lowest BCUT2D eigenvalue weighted by atomic mass is 10.2. The highest BCUT2D eigenvalue weighted by molar-refractivity contribution is 5.88. The van der Waals surface area contributed by atoms with Crippen molar-refractivity contribution < 1.29 is 4.42 Å². The van der Waals surface area contributed by atoms with Gasteiger partial charge in [-0.3, -0.25) is 9.20 Å². The summed E-state index contributed by atoms with van der Waals surface area (Å²) in [5.74, 6) is 0. The van der Waals surface area contributed by atoms with Gasteiger partial charge < -0.3 is 4.42 Å². The Morgan fingerprint density at radius 1 is 1.16 bits per heavy atom. The van der Waals surface area contributed by atoms with Gasteiger partial charge in [0, 0.05) is 6.20 Å². The van der Waals surface area contributed by atoms with Crippen molar-refractivity contribution in [1.29, 1.82) is 0 Å². The van der Waals surface area contributed by atoms with Gasteiger partial charge in [-0.1, -0.05) is 18.2 Å². The van der Waals surface area contributed by atoms with Crippen LogP contribution in [0.15, 0.2) is 51.8 Å². The van der Waals surface area contributed by atoms with Crippen molar-refractivity contribution in [2.75, 3.05) is 0 Å². The maximum Gasteiger partial charge on any atom is 0.250 e. The summed E-state index contributed by atoms with van der Waals surface area (Å²) in [5, 5.41) is 0.582. The van der Waals surface area contributed by atoms with E-state index in [1.54, 1.807) is 16.5 Å². The van der Waals surface area contributed by atoms with Crippen LogP contribution in [-0.4, -0.2) is 9.38 Å². The molecule has 0 saturated heterocycles. The van der Waals surface area contributed by atoms with Gasteiger partial charge in [-0.15, -0.1) is 0 Å². The predicted octanol–water partition coefficient (Wildman–Crippen LogP) is 2.90. The Morgan fingerprint density at radius 3 is 2.89 bits per heavy atom. The zero-order valence-electron chi connectivity index (χ0n) is 10.3. The van der Waals surface area contributed by atoms with Gasteiger partial charge in [0.15, 0.2) is 5.52 Å². The molecule has 0 bridgehead atoms. The molecule has 4 aromatic rings. The number of benzene rings is 1. The number of aryl methyl sites for hydroxylation is 1. The zero-order chi connectivity index (χ0) is 13.0. The number of pyridine rings is 1. The van der Waals surface area contributed by atoms with Crippen LogP contribution in [0.4, 0.5) is 0 Å². The van der Waals surface area contributed by atoms with E-state index in [2.05, 4.69) is 4.98 Å². The monoisotopic (exact) mass is 250 g/mol. The van der Waals surface area contributed by atoms with Gasteiger partial charge in [-0.25, -0.2) is 0 Å². The molecule has 3 aromatic heterocycles. The number of hydrogen-bond donors (Lipinski definition) is 0. The fourth-order valence-electron chi connectivity index (χ4n) is 2.38. The number of fused-ring (bicyclic) bond motifs is 4. The van der Waals surface area contributed by atoms with Crippen LogP contribution >= 0.6 is 0 Å². The van der Waals surface area contributed by atoms with Crippen LogP contribution < -0.4 is 5.43 Å². The third-order valence-corrected chi connectivity index (χ3v) is 3.29. The number of para-hydroxylation sites is 1. The van der Waals surface area contributed by atoms with E-state index < -0.39 is 0 Å². The molecule has 0 amide bonds. The van der Waals surface area contributed by atoms with E-state index in [0.29, 0.717) is 22.2 Å². The molecule has 0 fully saturated rings. The SMILES string of the molecule is Cc1ccc2nc3oc4ccccc4c(=O)c3n2c1. The first-order valence-electron chi connectivity index (χ1n) is 6.04. The number of nitrogens with zero attached hydrogens (tertiary/aromatic N) is 2. The Kier molecular flexibility index (Phi) is 1.87. The van der Waals surface area contributed by atoms with Gasteiger partial charge in [0.05, 0.1) is 5.39 Å². The maximum atomic E-state index is 12.6. The summed E-state index contributed by atoms with van der Waals surface area (Å²) in [5.41, 5.74) is 3.19. The molecule has 0 atom stereocenters. The first kappa shape index (κ1) is 10.3. The average molecular weight is 250 g/mol. The van der Waals surface area contributed by atoms with Crippen LogP contribution in [0.1, 0.15) is 5.56 Å². The van der Waals surface area contributed by atoms with Crippen LogP contribution in [0.5, 0.6) is 0 Å². The molecular weight excluding hydrogens is 240 g/mol. The van der Waals surface area contributed by atoms with E-state index in [4.69, 9.17) is 4.42 Å². The molecule has 4 nitrogen and oxygen atoms in total. The molecular formula is C15H10N2O2. The molecule has 1 aromatic carbocycles. The Morgan fingerprint density at radius 2 is 2.00 bits per heavy atom. The number of rotatable bonds is 0. The Hall–Kier alpha value is -2.62. The van der Waals surface area contributed by atoms with Crippen LogP contribution in [0.3, 0.4) is 0 Å². The molecule has 92 valence electrons. The second kappa shape index (κ2) is 3.45. The molecule has 0 saturated carbocycles. The quantitative estimate of drug-likeness (QED) is 0.482. The smallest absolute Gasteiger partial charge is 0.250 e. The van der Waals surface area contributed by atoms with E-state index in [1.807, 2.05) is 37.4 Å². The fraction of sp³-hybridized carbons (Fsp3) is 0.0667. The summed E-state index contributed by atoms with van der Waals surface area (Å²) >= 11 is 0. The van der Waals surface area contributed by atoms with E-state index >= 15 is 0 Å². The van der Waals surface area contributed by atoms with Crippen LogP contribution in [0, 0.1) is 6.92 Å². The van der Waals surface area contributed by atoms with Crippen molar-refractivity contribution >= 4 is 27.8 Å². The minimum Gasteiger partial charge on any atom is -0.436 e. The van der Waals surface area contributed by atoms with E-state index in [-0.39, 0.29) is 5.43 Å². The van der Waals surface area contributed by atoms with Gasteiger partial charge in [-0.2, -0.15) is 4.98 Å². The third kappa shape index (κ3) is 1.34. The number of aromatic nitrogens is 2. The Bertz CT molecular complexity index is 995. The van der Waals surface area contributed by atoms with Crippen LogP contribution in [-0.2, 0) is 0 Å². The first-order valence-corrected chi connectivity index (χ1v) is 6.04. The highest BCUT2D eigenvalue weighted by Gasteiger charge is 2.13. The maximum absolute atomic E-state index is 12.6. The van der Waals surface area contributed by atoms with E-state index in [1.165, 1.54) is 0 Å². The largest absolute Gasteiger partial charge is 0.436 e. The van der Waals surface area contributed by atoms with Crippen molar-refractivity contribution in [2.45, 2.75) is 6.92 Å². The van der Waals surface area contributed by atoms with Gasteiger partial charge in [0.1, 0.15) is 11.2 Å². The second-order valence-corrected chi connectivity index (χ2v) is 4.63. The summed E-state index contributed by atoms with van der Waals surface area (Å²) in [6.45, 7) is 1.98. The summed E-state index contributed by atoms with van der Waals surface area (Å²) in [6.07, 6.45) is 1.90. The van der Waals surface area contributed by atoms with E-state index in [9.17, 15) is 4.79 Å². The summed E-state index contributed by atoms with van der Waals surface area (Å²) in [4.78, 5) is 16.9. The molecule has 0 aliphatic carbocycles. The van der Waals surface area contributed by atoms with Gasteiger partial charge >= 0.3 is 0 Å². The van der Waals surface area contributed by atoms with Gasteiger partial charge in [-0.05, 0) is 30.7 Å². The molecule has 0 N–H and O–H groups in total. The molecule has 0 radical (unpaired) electrons. The molecule has 4 heteroatoms. The average Bonchev–Trinajstić information content (AvgIpc) is 2.76. The molecule has 4 rings (SSSR count). The highest BCUT2D eigenvalue weighted by atomic mass is 16.3. The minimum absolute atomic E-state index is 0.0463. The van der Waals surface area contributed by atoms with Crippen molar-refractivity contribution in [3.05, 3.63) is 58.4 Å². The van der Waals surface area contributed by atoms with Gasteiger partial charge in [0.25, 0.3) is 0 Å². The molecule has 0 aliphatic rings. The lowest BCUT2D eigenvalue weighted by Gasteiger charge is -1.98. The predicted molar refractivity (Wildman–Crippen MR) is 73.5 cm³/mol. The highest BCUT2D eigenvalue weighted by Crippen LogP contribution is 2.19. The molecule has 0 aliphatic heterocycles. The number of imidazole rings is 1. The van der Waals surface area contributed by atoms with Crippen molar-refractivity contribution in [2.24, 2.45) is 0 Å². The second-order valence-electron chi connectivity index (χ2n) is 4.63. The van der Waals surface area contributed by atoms with Gasteiger partial charge in [0.2, 0.25) is 11.1 Å². The fourth-order valence-corrected chi connectivity index (χ4v) is 2.38. The Labute approximate surface area is 107 Å². The Balaban J connectivity index is 2.35. The standard InChI is InChI=1S/C15H10N2O2/c1-9-6-7-12-16-15-13(17(12)8-9)14(18)10-4-2-3-5-11(10)19-15/h2-8H,1H3. The van der Waals surface area contributed by atoms with Crippen molar-refractivity contribution in [3.63, 3.8) is 0 Å². The third-order valence-electron chi connectivity index (χ3n) is 3.29. The first-order chi connectivity index (χ1) is 9.24. The molecule has 0 unspecified atom stereocenters. The lowest BCUT2D eigenvalue weighted by molar-refractivity contribution is 0.648. The summed E-state index contributed by atoms with van der Waals surface area (Å²) in [7, 11) is 0. The van der Waals surface area contributed by atoms with Crippen LogP contribution in [0.2, 0.25) is 0 Å². The van der Waals surface area contributed by atoms with Crippen LogP contribution in [0.25, 0.3) is 27.8 Å². The normalized spacial score (nSPS) is 11.6. The summed E-state index contributed by atoms with van der Waals surface area (Å²) in [6, 6.07) is 11.1. The van der Waals surface area contributed by atoms with Crippen molar-refractivity contribution in [1.82, 2.24) is 9.38 Å². The molecule has 3 heterocycles. The lowest BCUT2D eigenvalue weighted by Crippen LogP contribution is -2.04. The minimum atomic E-state index is -0.0463. The molecule has 19 heavy (non-hydrogen) atoms. The number of hydrogen-bond acceptors (Lipinski definition) is 3. The molecule has 0 spiro atoms. The van der Waals surface area contributed by atoms with Crippen molar-refractivity contribution in [3.8, 4) is 0 Å². The zero-order valence-corrected chi connectivity index (χ0v) is 10.3. The van der Waals surface area contributed by atoms with E-state index in [0.717, 1.165) is 11.2 Å². The topological polar surface area (TPSA) is 47.5 Å².